The Bertz CT molecular complexity index is 515. The number of ketones is 1. The Kier molecular flexibility index (Phi) is 8.42. The van der Waals surface area contributed by atoms with E-state index in [1.807, 2.05) is 37.3 Å². The maximum Gasteiger partial charge on any atom is 0.407 e. The highest BCUT2D eigenvalue weighted by molar-refractivity contribution is 5.81. The molecule has 6 nitrogen and oxygen atoms in total. The maximum atomic E-state index is 11.8. The summed E-state index contributed by atoms with van der Waals surface area (Å²) in [5.74, 6) is -0.493. The molecule has 0 fully saturated rings. The van der Waals surface area contributed by atoms with Crippen LogP contribution < -0.4 is 5.32 Å². The van der Waals surface area contributed by atoms with Crippen molar-refractivity contribution in [3.05, 3.63) is 35.9 Å². The van der Waals surface area contributed by atoms with Crippen LogP contribution in [0.2, 0.25) is 0 Å². The van der Waals surface area contributed by atoms with Crippen LogP contribution in [-0.4, -0.2) is 31.0 Å². The van der Waals surface area contributed by atoms with E-state index < -0.39 is 18.1 Å². The number of hydrogen-bond acceptors (Lipinski definition) is 5. The highest BCUT2D eigenvalue weighted by Gasteiger charge is 2.20. The van der Waals surface area contributed by atoms with E-state index >= 15 is 0 Å². The van der Waals surface area contributed by atoms with Gasteiger partial charge in [0.1, 0.15) is 12.4 Å². The molecule has 0 heterocycles. The van der Waals surface area contributed by atoms with Crippen LogP contribution in [0.15, 0.2) is 30.3 Å². The van der Waals surface area contributed by atoms with E-state index in [1.54, 1.807) is 0 Å². The Morgan fingerprint density at radius 1 is 1.13 bits per heavy atom. The van der Waals surface area contributed by atoms with Gasteiger partial charge in [-0.1, -0.05) is 37.3 Å². The monoisotopic (exact) mass is 321 g/mol. The second kappa shape index (κ2) is 10.4. The van der Waals surface area contributed by atoms with E-state index in [2.05, 4.69) is 10.1 Å². The Morgan fingerprint density at radius 2 is 1.83 bits per heavy atom. The standard InChI is InChI=1S/C17H23NO5/c1-3-7-15(19)10-14(11-16(20)22-2)18-17(21)23-12-13-8-5-4-6-9-13/h4-6,8-9,14H,3,7,10-12H2,1-2H3,(H,18,21)/t14-/m0/s1. The fourth-order valence-corrected chi connectivity index (χ4v) is 2.05. The van der Waals surface area contributed by atoms with Gasteiger partial charge in [0.25, 0.3) is 0 Å². The molecule has 1 aromatic rings. The lowest BCUT2D eigenvalue weighted by molar-refractivity contribution is -0.141. The van der Waals surface area contributed by atoms with Gasteiger partial charge in [-0.25, -0.2) is 4.79 Å². The number of rotatable bonds is 9. The number of methoxy groups -OCH3 is 1. The number of carbonyl (C=O) groups excluding carboxylic acids is 3. The van der Waals surface area contributed by atoms with Gasteiger partial charge in [0.15, 0.2) is 0 Å². The number of hydrogen-bond donors (Lipinski definition) is 1. The molecule has 0 aliphatic heterocycles. The van der Waals surface area contributed by atoms with E-state index in [1.165, 1.54) is 7.11 Å². The quantitative estimate of drug-likeness (QED) is 0.707. The average molecular weight is 321 g/mol. The summed E-state index contributed by atoms with van der Waals surface area (Å²) < 4.78 is 9.69. The van der Waals surface area contributed by atoms with Crippen LogP contribution >= 0.6 is 0 Å². The summed E-state index contributed by atoms with van der Waals surface area (Å²) in [4.78, 5) is 35.0. The number of benzene rings is 1. The third-order valence-corrected chi connectivity index (χ3v) is 3.18. The van der Waals surface area contributed by atoms with Crippen LogP contribution in [-0.2, 0) is 25.7 Å². The van der Waals surface area contributed by atoms with E-state index in [0.717, 1.165) is 12.0 Å². The van der Waals surface area contributed by atoms with Gasteiger partial charge in [-0.3, -0.25) is 9.59 Å². The van der Waals surface area contributed by atoms with Gasteiger partial charge >= 0.3 is 12.1 Å². The Hall–Kier alpha value is -2.37. The number of carbonyl (C=O) groups is 3. The molecule has 0 saturated heterocycles. The number of ether oxygens (including phenoxy) is 2. The largest absolute Gasteiger partial charge is 0.469 e. The van der Waals surface area contributed by atoms with Crippen molar-refractivity contribution in [1.82, 2.24) is 5.32 Å². The molecular formula is C17H23NO5. The molecule has 0 unspecified atom stereocenters. The molecule has 1 atom stereocenters. The van der Waals surface area contributed by atoms with Crippen LogP contribution in [0, 0.1) is 0 Å². The maximum absolute atomic E-state index is 11.8. The molecule has 1 rings (SSSR count). The lowest BCUT2D eigenvalue weighted by Gasteiger charge is -2.17. The molecule has 1 amide bonds. The molecule has 0 aromatic heterocycles. The fourth-order valence-electron chi connectivity index (χ4n) is 2.05. The Morgan fingerprint density at radius 3 is 2.43 bits per heavy atom. The first-order chi connectivity index (χ1) is 11.0. The second-order valence-corrected chi connectivity index (χ2v) is 5.18. The van der Waals surface area contributed by atoms with Crippen molar-refractivity contribution in [3.63, 3.8) is 0 Å². The summed E-state index contributed by atoms with van der Waals surface area (Å²) in [5.41, 5.74) is 0.856. The van der Waals surface area contributed by atoms with E-state index in [0.29, 0.717) is 6.42 Å². The van der Waals surface area contributed by atoms with Gasteiger partial charge in [0.05, 0.1) is 13.5 Å². The lowest BCUT2D eigenvalue weighted by atomic mass is 10.0. The van der Waals surface area contributed by atoms with E-state index in [4.69, 9.17) is 4.74 Å². The van der Waals surface area contributed by atoms with E-state index in [-0.39, 0.29) is 25.2 Å². The van der Waals surface area contributed by atoms with Crippen LogP contribution in [0.1, 0.15) is 38.2 Å². The predicted molar refractivity (Wildman–Crippen MR) is 84.7 cm³/mol. The van der Waals surface area contributed by atoms with Crippen molar-refractivity contribution in [2.24, 2.45) is 0 Å². The van der Waals surface area contributed by atoms with E-state index in [9.17, 15) is 14.4 Å². The zero-order valence-corrected chi connectivity index (χ0v) is 13.5. The summed E-state index contributed by atoms with van der Waals surface area (Å²) in [5, 5.41) is 2.56. The molecule has 0 saturated carbocycles. The second-order valence-electron chi connectivity index (χ2n) is 5.18. The third kappa shape index (κ3) is 7.99. The van der Waals surface area contributed by atoms with Crippen LogP contribution in [0.25, 0.3) is 0 Å². The molecule has 6 heteroatoms. The Balaban J connectivity index is 2.51. The molecular weight excluding hydrogens is 298 g/mol. The third-order valence-electron chi connectivity index (χ3n) is 3.18. The first kappa shape index (κ1) is 18.7. The van der Waals surface area contributed by atoms with Gasteiger partial charge in [0, 0.05) is 18.9 Å². The number of amides is 1. The van der Waals surface area contributed by atoms with Gasteiger partial charge < -0.3 is 14.8 Å². The van der Waals surface area contributed by atoms with Gasteiger partial charge in [-0.2, -0.15) is 0 Å². The van der Waals surface area contributed by atoms with Crippen molar-refractivity contribution in [2.45, 2.75) is 45.3 Å². The minimum absolute atomic E-state index is 0.00948. The number of alkyl carbamates (subject to hydrolysis) is 1. The highest BCUT2D eigenvalue weighted by atomic mass is 16.5. The molecule has 23 heavy (non-hydrogen) atoms. The molecule has 126 valence electrons. The molecule has 0 aliphatic rings. The van der Waals surface area contributed by atoms with Crippen molar-refractivity contribution >= 4 is 17.8 Å². The summed E-state index contributed by atoms with van der Waals surface area (Å²) in [6.45, 7) is 2.02. The van der Waals surface area contributed by atoms with Crippen LogP contribution in [0.4, 0.5) is 4.79 Å². The number of Topliss-reactive ketones (excluding diaryl/α,β-unsaturated/α-hetero) is 1. The zero-order valence-electron chi connectivity index (χ0n) is 13.5. The summed E-state index contributed by atoms with van der Waals surface area (Å²) in [7, 11) is 1.26. The van der Waals surface area contributed by atoms with Crippen molar-refractivity contribution in [3.8, 4) is 0 Å². The topological polar surface area (TPSA) is 81.7 Å². The first-order valence-corrected chi connectivity index (χ1v) is 7.60. The van der Waals surface area contributed by atoms with Gasteiger partial charge in [-0.15, -0.1) is 0 Å². The molecule has 1 aromatic carbocycles. The van der Waals surface area contributed by atoms with Crippen molar-refractivity contribution < 1.29 is 23.9 Å². The predicted octanol–water partition coefficient (Wildman–Crippen LogP) is 2.60. The SMILES string of the molecule is CCCC(=O)C[C@@H](CC(=O)OC)NC(=O)OCc1ccccc1. The molecule has 0 radical (unpaired) electrons. The highest BCUT2D eigenvalue weighted by Crippen LogP contribution is 2.06. The minimum atomic E-state index is -0.660. The normalized spacial score (nSPS) is 11.4. The van der Waals surface area contributed by atoms with Gasteiger partial charge in [-0.05, 0) is 12.0 Å². The van der Waals surface area contributed by atoms with Crippen LogP contribution in [0.3, 0.4) is 0 Å². The van der Waals surface area contributed by atoms with Crippen molar-refractivity contribution in [1.29, 1.82) is 0 Å². The lowest BCUT2D eigenvalue weighted by Crippen LogP contribution is -2.38. The summed E-state index contributed by atoms with van der Waals surface area (Å²) in [6, 6.07) is 8.62. The fraction of sp³-hybridized carbons (Fsp3) is 0.471. The van der Waals surface area contributed by atoms with Crippen molar-refractivity contribution in [2.75, 3.05) is 7.11 Å². The minimum Gasteiger partial charge on any atom is -0.469 e. The number of esters is 1. The first-order valence-electron chi connectivity index (χ1n) is 7.60. The molecule has 1 N–H and O–H groups in total. The Labute approximate surface area is 136 Å². The number of nitrogens with one attached hydrogen (secondary N) is 1. The molecule has 0 spiro atoms. The smallest absolute Gasteiger partial charge is 0.407 e. The van der Waals surface area contributed by atoms with Crippen LogP contribution in [0.5, 0.6) is 0 Å². The molecule has 0 aliphatic carbocycles. The molecule has 0 bridgehead atoms. The summed E-state index contributed by atoms with van der Waals surface area (Å²) >= 11 is 0. The van der Waals surface area contributed by atoms with Gasteiger partial charge in [0.2, 0.25) is 0 Å². The summed E-state index contributed by atoms with van der Waals surface area (Å²) in [6.07, 6.45) is 0.503. The average Bonchev–Trinajstić information content (AvgIpc) is 2.54. The zero-order chi connectivity index (χ0) is 17.1.